The third kappa shape index (κ3) is 6.83. The Bertz CT molecular complexity index is 2430. The minimum absolute atomic E-state index is 0.0421. The molecule has 1 heterocycles. The highest BCUT2D eigenvalue weighted by Gasteiger charge is 2.26. The van der Waals surface area contributed by atoms with Gasteiger partial charge in [0.15, 0.2) is 5.78 Å². The standard InChI is InChI=1S/2C25H18O/c1-3-9-18(10-4-1)22-17-23-21-14-8-7-11-19(21)15-16-24(23)26-25(22)20-12-5-2-6-13-20;26-25-18-15-21-13-7-8-14-23(21)24(25)17-16-22(19-9-3-1-4-10-19)20-11-5-2-6-12-20/h1-17,25H;1-18H/b;24-17+. The first kappa shape index (κ1) is 32.4. The summed E-state index contributed by atoms with van der Waals surface area (Å²) < 4.78 is 6.52. The Morgan fingerprint density at radius 1 is 0.558 bits per heavy atom. The van der Waals surface area contributed by atoms with Gasteiger partial charge in [0.05, 0.1) is 0 Å². The van der Waals surface area contributed by atoms with Crippen LogP contribution in [0.2, 0.25) is 0 Å². The summed E-state index contributed by atoms with van der Waals surface area (Å²) in [7, 11) is 0. The van der Waals surface area contributed by atoms with Crippen molar-refractivity contribution < 1.29 is 9.53 Å². The molecule has 1 aliphatic carbocycles. The fourth-order valence-corrected chi connectivity index (χ4v) is 6.90. The lowest BCUT2D eigenvalue weighted by Gasteiger charge is -2.29. The van der Waals surface area contributed by atoms with E-state index in [-0.39, 0.29) is 11.9 Å². The van der Waals surface area contributed by atoms with E-state index in [2.05, 4.69) is 121 Å². The third-order valence-corrected chi connectivity index (χ3v) is 9.48. The van der Waals surface area contributed by atoms with Crippen molar-refractivity contribution >= 4 is 45.4 Å². The number of carbonyl (C=O) groups is 1. The maximum atomic E-state index is 12.5. The maximum absolute atomic E-state index is 12.5. The Kier molecular flexibility index (Phi) is 9.36. The minimum Gasteiger partial charge on any atom is -0.480 e. The van der Waals surface area contributed by atoms with Crippen LogP contribution < -0.4 is 4.74 Å². The molecular formula is C50H36O2. The molecule has 7 aromatic carbocycles. The molecule has 2 nitrogen and oxygen atoms in total. The summed E-state index contributed by atoms with van der Waals surface area (Å²) >= 11 is 0. The molecule has 248 valence electrons. The second-order valence-corrected chi connectivity index (χ2v) is 12.8. The van der Waals surface area contributed by atoms with Crippen molar-refractivity contribution in [2.45, 2.75) is 6.10 Å². The normalized spacial score (nSPS) is 15.0. The quantitative estimate of drug-likeness (QED) is 0.171. The van der Waals surface area contributed by atoms with Crippen LogP contribution in [0.4, 0.5) is 0 Å². The summed E-state index contributed by atoms with van der Waals surface area (Å²) in [5, 5.41) is 2.46. The van der Waals surface area contributed by atoms with Crippen molar-refractivity contribution in [3.05, 3.63) is 239 Å². The number of hydrogen-bond acceptors (Lipinski definition) is 2. The maximum Gasteiger partial charge on any atom is 0.186 e. The lowest BCUT2D eigenvalue weighted by molar-refractivity contribution is -0.109. The van der Waals surface area contributed by atoms with Crippen LogP contribution in [0.5, 0.6) is 5.75 Å². The smallest absolute Gasteiger partial charge is 0.186 e. The van der Waals surface area contributed by atoms with Crippen molar-refractivity contribution in [1.29, 1.82) is 0 Å². The minimum atomic E-state index is -0.104. The van der Waals surface area contributed by atoms with Crippen LogP contribution in [0.15, 0.2) is 200 Å². The molecule has 1 aliphatic heterocycles. The van der Waals surface area contributed by atoms with Crippen LogP contribution in [0.3, 0.4) is 0 Å². The van der Waals surface area contributed by atoms with E-state index >= 15 is 0 Å². The number of fused-ring (bicyclic) bond motifs is 4. The lowest BCUT2D eigenvalue weighted by Crippen LogP contribution is -2.14. The van der Waals surface area contributed by atoms with Gasteiger partial charge in [0.25, 0.3) is 0 Å². The molecule has 0 saturated heterocycles. The van der Waals surface area contributed by atoms with Gasteiger partial charge in [-0.05, 0) is 74.0 Å². The SMILES string of the molecule is C1=C(c2ccccc2)C(c2ccccc2)Oc2ccc3ccccc3c21.O=C1C=Cc2ccccc2/C1=C\C=C(c1ccccc1)c1ccccc1. The van der Waals surface area contributed by atoms with Crippen molar-refractivity contribution in [2.24, 2.45) is 0 Å². The van der Waals surface area contributed by atoms with Crippen LogP contribution >= 0.6 is 0 Å². The summed E-state index contributed by atoms with van der Waals surface area (Å²) in [4.78, 5) is 12.5. The number of ketones is 1. The fourth-order valence-electron chi connectivity index (χ4n) is 6.90. The van der Waals surface area contributed by atoms with E-state index in [0.29, 0.717) is 0 Å². The summed E-state index contributed by atoms with van der Waals surface area (Å²) in [6.45, 7) is 0. The Hall–Kier alpha value is -6.77. The van der Waals surface area contributed by atoms with Crippen LogP contribution in [-0.4, -0.2) is 5.78 Å². The summed E-state index contributed by atoms with van der Waals surface area (Å²) in [6.07, 6.45) is 9.72. The molecule has 1 unspecified atom stereocenters. The van der Waals surface area contributed by atoms with Crippen molar-refractivity contribution in [2.75, 3.05) is 0 Å². The number of benzene rings is 7. The molecule has 9 rings (SSSR count). The Morgan fingerprint density at radius 3 is 1.87 bits per heavy atom. The van der Waals surface area contributed by atoms with Crippen LogP contribution in [-0.2, 0) is 4.79 Å². The van der Waals surface area contributed by atoms with Gasteiger partial charge in [-0.1, -0.05) is 188 Å². The molecule has 1 atom stereocenters. The first-order chi connectivity index (χ1) is 25.7. The number of carbonyl (C=O) groups excluding carboxylic acids is 1. The molecule has 7 aromatic rings. The summed E-state index contributed by atoms with van der Waals surface area (Å²) in [5.41, 5.74) is 10.9. The number of hydrogen-bond donors (Lipinski definition) is 0. The first-order valence-electron chi connectivity index (χ1n) is 17.6. The fraction of sp³-hybridized carbons (Fsp3) is 0.0200. The van der Waals surface area contributed by atoms with E-state index in [4.69, 9.17) is 4.74 Å². The Labute approximate surface area is 305 Å². The molecule has 0 saturated carbocycles. The molecule has 0 N–H and O–H groups in total. The van der Waals surface area contributed by atoms with Gasteiger partial charge >= 0.3 is 0 Å². The van der Waals surface area contributed by atoms with Gasteiger partial charge in [0.2, 0.25) is 0 Å². The van der Waals surface area contributed by atoms with E-state index < -0.39 is 0 Å². The summed E-state index contributed by atoms with van der Waals surface area (Å²) in [6, 6.07) is 62.2. The van der Waals surface area contributed by atoms with Crippen molar-refractivity contribution in [3.63, 3.8) is 0 Å². The van der Waals surface area contributed by atoms with E-state index in [9.17, 15) is 4.79 Å². The molecule has 0 radical (unpaired) electrons. The molecule has 2 heteroatoms. The van der Waals surface area contributed by atoms with Gasteiger partial charge in [-0.15, -0.1) is 0 Å². The second kappa shape index (κ2) is 15.0. The predicted octanol–water partition coefficient (Wildman–Crippen LogP) is 12.3. The molecule has 0 spiro atoms. The second-order valence-electron chi connectivity index (χ2n) is 12.8. The zero-order valence-electron chi connectivity index (χ0n) is 28.6. The number of ether oxygens (including phenoxy) is 1. The molecule has 0 aromatic heterocycles. The van der Waals surface area contributed by atoms with Gasteiger partial charge in [0.1, 0.15) is 11.9 Å². The average molecular weight is 669 g/mol. The molecule has 52 heavy (non-hydrogen) atoms. The van der Waals surface area contributed by atoms with Crippen molar-refractivity contribution in [3.8, 4) is 5.75 Å². The first-order valence-corrected chi connectivity index (χ1v) is 17.6. The number of allylic oxidation sites excluding steroid dienone is 4. The molecular weight excluding hydrogens is 633 g/mol. The van der Waals surface area contributed by atoms with Gasteiger partial charge < -0.3 is 4.74 Å². The average Bonchev–Trinajstić information content (AvgIpc) is 3.23. The zero-order chi connectivity index (χ0) is 35.1. The zero-order valence-corrected chi connectivity index (χ0v) is 28.6. The monoisotopic (exact) mass is 668 g/mol. The highest BCUT2D eigenvalue weighted by atomic mass is 16.5. The molecule has 0 amide bonds. The van der Waals surface area contributed by atoms with E-state index in [0.717, 1.165) is 44.7 Å². The van der Waals surface area contributed by atoms with Crippen LogP contribution in [0.1, 0.15) is 45.0 Å². The largest absolute Gasteiger partial charge is 0.480 e. The van der Waals surface area contributed by atoms with E-state index in [1.165, 1.54) is 27.5 Å². The van der Waals surface area contributed by atoms with Crippen LogP contribution in [0.25, 0.3) is 39.6 Å². The van der Waals surface area contributed by atoms with Gasteiger partial charge in [-0.3, -0.25) is 4.79 Å². The predicted molar refractivity (Wildman–Crippen MR) is 216 cm³/mol. The highest BCUT2D eigenvalue weighted by molar-refractivity contribution is 6.30. The molecule has 0 fully saturated rings. The highest BCUT2D eigenvalue weighted by Crippen LogP contribution is 2.44. The van der Waals surface area contributed by atoms with Gasteiger partial charge in [-0.2, -0.15) is 0 Å². The van der Waals surface area contributed by atoms with E-state index in [1.807, 2.05) is 85.0 Å². The van der Waals surface area contributed by atoms with Crippen molar-refractivity contribution in [1.82, 2.24) is 0 Å². The van der Waals surface area contributed by atoms with E-state index in [1.54, 1.807) is 6.08 Å². The topological polar surface area (TPSA) is 26.3 Å². The summed E-state index contributed by atoms with van der Waals surface area (Å²) in [5.74, 6) is 0.984. The molecule has 2 aliphatic rings. The van der Waals surface area contributed by atoms with Crippen LogP contribution in [0, 0.1) is 0 Å². The Morgan fingerprint density at radius 2 is 1.15 bits per heavy atom. The van der Waals surface area contributed by atoms with Gasteiger partial charge in [-0.25, -0.2) is 0 Å². The number of rotatable bonds is 5. The Balaban J connectivity index is 0.000000149. The molecule has 0 bridgehead atoms. The lowest BCUT2D eigenvalue weighted by atomic mass is 9.89. The third-order valence-electron chi connectivity index (χ3n) is 9.48. The van der Waals surface area contributed by atoms with Gasteiger partial charge in [0, 0.05) is 16.7 Å².